The molecule has 1 amide bonds. The predicted octanol–water partition coefficient (Wildman–Crippen LogP) is 4.28. The molecule has 9 heteroatoms. The van der Waals surface area contributed by atoms with Crippen LogP contribution in [0.1, 0.15) is 42.1 Å². The number of fused-ring (bicyclic) bond motifs is 1. The van der Waals surface area contributed by atoms with Crippen molar-refractivity contribution in [1.29, 1.82) is 0 Å². The van der Waals surface area contributed by atoms with E-state index in [1.165, 1.54) is 6.92 Å². The van der Waals surface area contributed by atoms with Crippen molar-refractivity contribution < 1.29 is 23.1 Å². The molecular weight excluding hydrogens is 409 g/mol. The van der Waals surface area contributed by atoms with E-state index in [2.05, 4.69) is 15.4 Å². The van der Waals surface area contributed by atoms with E-state index in [0.29, 0.717) is 24.3 Å². The number of phenolic OH excluding ortho intramolecular Hbond substituents is 1. The van der Waals surface area contributed by atoms with Crippen LogP contribution in [-0.2, 0) is 11.0 Å². The van der Waals surface area contributed by atoms with Gasteiger partial charge in [-0.2, -0.15) is 18.3 Å². The number of aryl methyl sites for hydroxylation is 2. The van der Waals surface area contributed by atoms with Gasteiger partial charge in [0.25, 0.3) is 0 Å². The number of benzene rings is 1. The summed E-state index contributed by atoms with van der Waals surface area (Å²) in [7, 11) is 0. The van der Waals surface area contributed by atoms with E-state index in [9.17, 15) is 23.1 Å². The van der Waals surface area contributed by atoms with Crippen LogP contribution < -0.4 is 5.32 Å². The first-order valence-electron chi connectivity index (χ1n) is 10.1. The molecule has 1 saturated heterocycles. The number of rotatable bonds is 2. The van der Waals surface area contributed by atoms with Crippen molar-refractivity contribution >= 4 is 16.9 Å². The summed E-state index contributed by atoms with van der Waals surface area (Å²) in [6.07, 6.45) is -2.25. The molecule has 1 aromatic carbocycles. The van der Waals surface area contributed by atoms with E-state index in [4.69, 9.17) is 0 Å². The van der Waals surface area contributed by atoms with Crippen LogP contribution in [0.4, 0.5) is 13.2 Å². The van der Waals surface area contributed by atoms with Gasteiger partial charge in [-0.3, -0.25) is 9.48 Å². The summed E-state index contributed by atoms with van der Waals surface area (Å²) < 4.78 is 41.0. The van der Waals surface area contributed by atoms with Crippen LogP contribution in [-0.4, -0.2) is 32.3 Å². The number of carbonyl (C=O) groups is 1. The van der Waals surface area contributed by atoms with Gasteiger partial charge >= 0.3 is 6.18 Å². The van der Waals surface area contributed by atoms with Gasteiger partial charge in [0.05, 0.1) is 17.3 Å². The number of pyridine rings is 1. The lowest BCUT2D eigenvalue weighted by Gasteiger charge is -2.23. The maximum absolute atomic E-state index is 13.0. The van der Waals surface area contributed by atoms with Gasteiger partial charge in [-0.05, 0) is 56.5 Å². The Morgan fingerprint density at radius 3 is 2.68 bits per heavy atom. The van der Waals surface area contributed by atoms with Crippen LogP contribution in [0.25, 0.3) is 22.3 Å². The third-order valence-electron chi connectivity index (χ3n) is 6.64. The number of nitrogens with one attached hydrogen (secondary N) is 1. The van der Waals surface area contributed by atoms with Gasteiger partial charge in [0, 0.05) is 35.0 Å². The molecule has 2 N–H and O–H groups in total. The van der Waals surface area contributed by atoms with Crippen molar-refractivity contribution in [2.24, 2.45) is 5.41 Å². The zero-order valence-corrected chi connectivity index (χ0v) is 17.0. The Morgan fingerprint density at radius 2 is 2.03 bits per heavy atom. The van der Waals surface area contributed by atoms with Crippen molar-refractivity contribution in [3.05, 3.63) is 41.1 Å². The van der Waals surface area contributed by atoms with Crippen LogP contribution in [0.5, 0.6) is 5.75 Å². The lowest BCUT2D eigenvalue weighted by Crippen LogP contribution is -2.37. The molecule has 1 aliphatic heterocycles. The molecule has 2 aliphatic rings. The fourth-order valence-corrected chi connectivity index (χ4v) is 4.76. The molecule has 2 unspecified atom stereocenters. The average molecular weight is 430 g/mol. The summed E-state index contributed by atoms with van der Waals surface area (Å²) in [6, 6.07) is 5.46. The molecule has 2 fully saturated rings. The Bertz CT molecular complexity index is 1200. The van der Waals surface area contributed by atoms with Gasteiger partial charge in [-0.15, -0.1) is 0 Å². The van der Waals surface area contributed by atoms with Gasteiger partial charge in [0.15, 0.2) is 5.65 Å². The number of aromatic hydroxyl groups is 1. The first kappa shape index (κ1) is 19.8. The van der Waals surface area contributed by atoms with Crippen molar-refractivity contribution in [3.8, 4) is 17.0 Å². The molecule has 3 aromatic rings. The summed E-state index contributed by atoms with van der Waals surface area (Å²) >= 11 is 0. The van der Waals surface area contributed by atoms with Crippen LogP contribution in [0, 0.1) is 19.3 Å². The second-order valence-corrected chi connectivity index (χ2v) is 8.64. The summed E-state index contributed by atoms with van der Waals surface area (Å²) in [5.41, 5.74) is 1.50. The second kappa shape index (κ2) is 6.45. The Kier molecular flexibility index (Phi) is 4.13. The largest absolute Gasteiger partial charge is 0.507 e. The summed E-state index contributed by atoms with van der Waals surface area (Å²) in [5.74, 6) is -0.383. The van der Waals surface area contributed by atoms with E-state index in [-0.39, 0.29) is 28.5 Å². The third kappa shape index (κ3) is 3.14. The standard InChI is InChI=1S/C22H21F3N4O2/c1-11-7-13(22(23,24)25)8-16(30)19(11)15-4-3-14-12(2)29(28-20(14)27-15)17-9-21(17)6-5-18(31)26-10-21/h3-4,7-8,17,30H,5-6,9-10H2,1-2H3,(H,26,31). The first-order chi connectivity index (χ1) is 14.6. The van der Waals surface area contributed by atoms with Crippen molar-refractivity contribution in [1.82, 2.24) is 20.1 Å². The van der Waals surface area contributed by atoms with Crippen molar-refractivity contribution in [2.45, 2.75) is 45.3 Å². The smallest absolute Gasteiger partial charge is 0.416 e. The molecule has 31 heavy (non-hydrogen) atoms. The number of carbonyl (C=O) groups excluding carboxylic acids is 1. The maximum atomic E-state index is 13.0. The van der Waals surface area contributed by atoms with E-state index >= 15 is 0 Å². The van der Waals surface area contributed by atoms with Crippen molar-refractivity contribution in [2.75, 3.05) is 6.54 Å². The summed E-state index contributed by atoms with van der Waals surface area (Å²) in [4.78, 5) is 16.1. The number of alkyl halides is 3. The zero-order valence-electron chi connectivity index (χ0n) is 17.0. The number of hydrogen-bond acceptors (Lipinski definition) is 4. The Labute approximate surface area is 176 Å². The quantitative estimate of drug-likeness (QED) is 0.636. The highest BCUT2D eigenvalue weighted by atomic mass is 19.4. The molecule has 0 bridgehead atoms. The third-order valence-corrected chi connectivity index (χ3v) is 6.64. The monoisotopic (exact) mass is 430 g/mol. The normalized spacial score (nSPS) is 23.4. The minimum Gasteiger partial charge on any atom is -0.507 e. The molecular formula is C22H21F3N4O2. The fraction of sp³-hybridized carbons (Fsp3) is 0.409. The highest BCUT2D eigenvalue weighted by Crippen LogP contribution is 2.60. The molecule has 162 valence electrons. The highest BCUT2D eigenvalue weighted by Gasteiger charge is 2.57. The first-order valence-corrected chi connectivity index (χ1v) is 10.1. The number of aromatic nitrogens is 3. The fourth-order valence-electron chi connectivity index (χ4n) is 4.76. The molecule has 1 spiro atoms. The lowest BCUT2D eigenvalue weighted by atomic mass is 9.95. The SMILES string of the molecule is Cc1cc(C(F)(F)F)cc(O)c1-c1ccc2c(C)n(C3CC34CCC(=O)NC4)nc2n1. The molecule has 2 aromatic heterocycles. The van der Waals surface area contributed by atoms with E-state index in [0.717, 1.165) is 36.1 Å². The molecule has 1 aliphatic carbocycles. The topological polar surface area (TPSA) is 80.0 Å². The van der Waals surface area contributed by atoms with Crippen LogP contribution >= 0.6 is 0 Å². The van der Waals surface area contributed by atoms with Crippen LogP contribution in [0.3, 0.4) is 0 Å². The second-order valence-electron chi connectivity index (χ2n) is 8.64. The minimum atomic E-state index is -4.53. The molecule has 0 radical (unpaired) electrons. The average Bonchev–Trinajstić information content (AvgIpc) is 3.30. The van der Waals surface area contributed by atoms with Crippen LogP contribution in [0.2, 0.25) is 0 Å². The van der Waals surface area contributed by atoms with Gasteiger partial charge in [-0.1, -0.05) is 0 Å². The highest BCUT2D eigenvalue weighted by molar-refractivity contribution is 5.83. The maximum Gasteiger partial charge on any atom is 0.416 e. The molecule has 3 heterocycles. The van der Waals surface area contributed by atoms with E-state index in [1.807, 2.05) is 17.7 Å². The van der Waals surface area contributed by atoms with Crippen molar-refractivity contribution in [3.63, 3.8) is 0 Å². The molecule has 5 rings (SSSR count). The Balaban J connectivity index is 1.52. The summed E-state index contributed by atoms with van der Waals surface area (Å²) in [5, 5.41) is 18.8. The Hall–Kier alpha value is -3.10. The van der Waals surface area contributed by atoms with Crippen LogP contribution in [0.15, 0.2) is 24.3 Å². The number of hydrogen-bond donors (Lipinski definition) is 2. The molecule has 6 nitrogen and oxygen atoms in total. The number of piperidine rings is 1. The van der Waals surface area contributed by atoms with E-state index < -0.39 is 17.5 Å². The number of phenols is 1. The van der Waals surface area contributed by atoms with Gasteiger partial charge in [0.1, 0.15) is 5.75 Å². The molecule has 2 atom stereocenters. The minimum absolute atomic E-state index is 0.0336. The zero-order chi connectivity index (χ0) is 22.1. The summed E-state index contributed by atoms with van der Waals surface area (Å²) in [6.45, 7) is 4.12. The number of amides is 1. The van der Waals surface area contributed by atoms with Gasteiger partial charge < -0.3 is 10.4 Å². The van der Waals surface area contributed by atoms with Gasteiger partial charge in [-0.25, -0.2) is 4.98 Å². The van der Waals surface area contributed by atoms with Gasteiger partial charge in [0.2, 0.25) is 5.91 Å². The molecule has 1 saturated carbocycles. The predicted molar refractivity (Wildman–Crippen MR) is 107 cm³/mol. The number of nitrogens with zero attached hydrogens (tertiary/aromatic N) is 3. The lowest BCUT2D eigenvalue weighted by molar-refractivity contribution is -0.137. The number of halogens is 3. The van der Waals surface area contributed by atoms with E-state index in [1.54, 1.807) is 6.07 Å². The Morgan fingerprint density at radius 1 is 1.26 bits per heavy atom.